The van der Waals surface area contributed by atoms with E-state index < -0.39 is 6.10 Å². The van der Waals surface area contributed by atoms with E-state index >= 15 is 0 Å². The first kappa shape index (κ1) is 76.5. The van der Waals surface area contributed by atoms with Gasteiger partial charge in [0.05, 0.1) is 0 Å². The number of carbonyl (C=O) groups is 3. The molecule has 0 aliphatic rings. The molecule has 0 radical (unpaired) electrons. The second kappa shape index (κ2) is 68.1. The largest absolute Gasteiger partial charge is 0.462 e. The molecule has 0 saturated carbocycles. The van der Waals surface area contributed by atoms with Crippen LogP contribution in [0.15, 0.2) is 134 Å². The van der Waals surface area contributed by atoms with Gasteiger partial charge in [0.25, 0.3) is 0 Å². The van der Waals surface area contributed by atoms with E-state index in [1.165, 1.54) is 135 Å². The molecule has 0 aromatic carbocycles. The van der Waals surface area contributed by atoms with Gasteiger partial charge < -0.3 is 14.2 Å². The first-order valence-electron chi connectivity index (χ1n) is 33.7. The van der Waals surface area contributed by atoms with E-state index in [4.69, 9.17) is 14.2 Å². The van der Waals surface area contributed by atoms with Crippen LogP contribution < -0.4 is 0 Å². The molecule has 81 heavy (non-hydrogen) atoms. The molecule has 0 fully saturated rings. The van der Waals surface area contributed by atoms with Crippen molar-refractivity contribution in [3.8, 4) is 0 Å². The molecule has 0 rings (SSSR count). The molecule has 0 aliphatic carbocycles. The highest BCUT2D eigenvalue weighted by Crippen LogP contribution is 2.16. The Labute approximate surface area is 500 Å². The molecule has 1 unspecified atom stereocenters. The zero-order valence-electron chi connectivity index (χ0n) is 52.8. The lowest BCUT2D eigenvalue weighted by atomic mass is 10.0. The Morgan fingerprint density at radius 2 is 0.494 bits per heavy atom. The minimum absolute atomic E-state index is 0.0991. The lowest BCUT2D eigenvalue weighted by Gasteiger charge is -2.18. The Morgan fingerprint density at radius 3 is 0.827 bits per heavy atom. The fraction of sp³-hybridized carbons (Fsp3) is 0.667. The van der Waals surface area contributed by atoms with Crippen LogP contribution in [0, 0.1) is 0 Å². The average Bonchev–Trinajstić information content (AvgIpc) is 3.47. The molecule has 0 spiro atoms. The van der Waals surface area contributed by atoms with E-state index in [9.17, 15) is 14.4 Å². The van der Waals surface area contributed by atoms with E-state index in [-0.39, 0.29) is 31.1 Å². The van der Waals surface area contributed by atoms with Crippen molar-refractivity contribution in [1.82, 2.24) is 0 Å². The highest BCUT2D eigenvalue weighted by molar-refractivity contribution is 5.71. The number of rotatable bonds is 60. The van der Waals surface area contributed by atoms with Crippen molar-refractivity contribution in [3.63, 3.8) is 0 Å². The predicted molar refractivity (Wildman–Crippen MR) is 353 cm³/mol. The lowest BCUT2D eigenvalue weighted by Crippen LogP contribution is -2.30. The topological polar surface area (TPSA) is 78.9 Å². The van der Waals surface area contributed by atoms with Gasteiger partial charge in [0.1, 0.15) is 13.2 Å². The van der Waals surface area contributed by atoms with Gasteiger partial charge in [0, 0.05) is 19.3 Å². The van der Waals surface area contributed by atoms with Crippen LogP contribution in [0.25, 0.3) is 0 Å². The molecule has 0 aromatic heterocycles. The Hall–Kier alpha value is -4.45. The quantitative estimate of drug-likeness (QED) is 0.0261. The number of unbranched alkanes of at least 4 members (excludes halogenated alkanes) is 27. The molecule has 0 heterocycles. The van der Waals surface area contributed by atoms with Crippen LogP contribution in [0.3, 0.4) is 0 Å². The van der Waals surface area contributed by atoms with Crippen molar-refractivity contribution in [2.24, 2.45) is 0 Å². The van der Waals surface area contributed by atoms with E-state index in [0.29, 0.717) is 25.7 Å². The minimum Gasteiger partial charge on any atom is -0.462 e. The standard InChI is InChI=1S/C75H124O6/c1-4-7-10-13-16-19-22-24-26-28-30-32-34-36-37-39-40-42-44-46-48-50-53-56-59-62-65-68-74(77)80-71-72(70-79-73(76)67-64-61-58-55-52-21-18-15-12-9-6-3)81-75(78)69-66-63-60-57-54-51-49-47-45-43-41-38-35-33-31-29-27-25-23-20-17-14-11-8-5-2/h7,10,15-16,18-19,23-26,29-32,36-37,40,42,46,48,53,56,72H,4-6,8-9,11-14,17,20-22,27-28,33-35,38-39,41,43-45,47,49-52,54-55,57-71H2,1-3H3/b10-7-,18-15-,19-16-,25-23-,26-24-,31-29-,32-30-,37-36-,42-40-,48-46-,56-53-. The summed E-state index contributed by atoms with van der Waals surface area (Å²) < 4.78 is 16.9. The molecule has 0 saturated heterocycles. The second-order valence-corrected chi connectivity index (χ2v) is 22.0. The normalized spacial score (nSPS) is 13.0. The predicted octanol–water partition coefficient (Wildman–Crippen LogP) is 23.3. The van der Waals surface area contributed by atoms with Gasteiger partial charge >= 0.3 is 17.9 Å². The maximum absolute atomic E-state index is 12.9. The molecule has 6 nitrogen and oxygen atoms in total. The van der Waals surface area contributed by atoms with Gasteiger partial charge in [0.15, 0.2) is 6.10 Å². The van der Waals surface area contributed by atoms with E-state index in [1.54, 1.807) is 0 Å². The third-order valence-electron chi connectivity index (χ3n) is 14.1. The van der Waals surface area contributed by atoms with Crippen LogP contribution in [-0.4, -0.2) is 37.2 Å². The number of hydrogen-bond acceptors (Lipinski definition) is 6. The summed E-state index contributed by atoms with van der Waals surface area (Å²) in [4.78, 5) is 38.3. The molecule has 0 N–H and O–H groups in total. The summed E-state index contributed by atoms with van der Waals surface area (Å²) in [5.41, 5.74) is 0. The number of carbonyl (C=O) groups excluding carboxylic acids is 3. The average molecular weight is 1120 g/mol. The Balaban J connectivity index is 4.36. The van der Waals surface area contributed by atoms with Crippen molar-refractivity contribution < 1.29 is 28.6 Å². The van der Waals surface area contributed by atoms with Crippen LogP contribution in [0.2, 0.25) is 0 Å². The molecular formula is C75H124O6. The molecular weight excluding hydrogens is 997 g/mol. The summed E-state index contributed by atoms with van der Waals surface area (Å²) in [6, 6.07) is 0. The first-order valence-corrected chi connectivity index (χ1v) is 33.7. The van der Waals surface area contributed by atoms with Crippen molar-refractivity contribution in [2.45, 2.75) is 309 Å². The van der Waals surface area contributed by atoms with Gasteiger partial charge in [-0.15, -0.1) is 0 Å². The SMILES string of the molecule is CC/C=C\C/C=C\C/C=C\C/C=C\C/C=C\C/C=C\C/C=C\C/C=C\CCCCC(=O)OCC(COC(=O)CCCCCCC/C=C\CCCC)OC(=O)CCCCCCCCCCCCCCC/C=C\C/C=C\CCCCCCC. The lowest BCUT2D eigenvalue weighted by molar-refractivity contribution is -0.167. The Kier molecular flexibility index (Phi) is 64.3. The summed E-state index contributed by atoms with van der Waals surface area (Å²) in [5, 5.41) is 0. The highest BCUT2D eigenvalue weighted by Gasteiger charge is 2.19. The third kappa shape index (κ3) is 66.2. The van der Waals surface area contributed by atoms with Crippen LogP contribution in [0.4, 0.5) is 0 Å². The monoisotopic (exact) mass is 1120 g/mol. The van der Waals surface area contributed by atoms with Gasteiger partial charge in [-0.2, -0.15) is 0 Å². The van der Waals surface area contributed by atoms with Crippen molar-refractivity contribution in [1.29, 1.82) is 0 Å². The highest BCUT2D eigenvalue weighted by atomic mass is 16.6. The first-order chi connectivity index (χ1) is 40.0. The summed E-state index contributed by atoms with van der Waals surface area (Å²) in [5.74, 6) is -0.951. The van der Waals surface area contributed by atoms with Crippen molar-refractivity contribution in [2.75, 3.05) is 13.2 Å². The zero-order chi connectivity index (χ0) is 58.5. The van der Waals surface area contributed by atoms with Gasteiger partial charge in [-0.1, -0.05) is 283 Å². The van der Waals surface area contributed by atoms with E-state index in [1.807, 2.05) is 0 Å². The van der Waals surface area contributed by atoms with Gasteiger partial charge in [-0.25, -0.2) is 0 Å². The van der Waals surface area contributed by atoms with Crippen LogP contribution in [0.5, 0.6) is 0 Å². The maximum atomic E-state index is 12.9. The number of allylic oxidation sites excluding steroid dienone is 22. The molecule has 0 amide bonds. The fourth-order valence-corrected chi connectivity index (χ4v) is 9.06. The number of ether oxygens (including phenoxy) is 3. The number of hydrogen-bond donors (Lipinski definition) is 0. The molecule has 0 aromatic rings. The molecule has 0 aliphatic heterocycles. The van der Waals surface area contributed by atoms with Gasteiger partial charge in [-0.3, -0.25) is 14.4 Å². The van der Waals surface area contributed by atoms with Crippen molar-refractivity contribution >= 4 is 17.9 Å². The zero-order valence-corrected chi connectivity index (χ0v) is 52.8. The maximum Gasteiger partial charge on any atom is 0.306 e. The van der Waals surface area contributed by atoms with Gasteiger partial charge in [-0.05, 0) is 135 Å². The van der Waals surface area contributed by atoms with Crippen LogP contribution in [0.1, 0.15) is 303 Å². The van der Waals surface area contributed by atoms with E-state index in [2.05, 4.69) is 154 Å². The van der Waals surface area contributed by atoms with Crippen LogP contribution >= 0.6 is 0 Å². The third-order valence-corrected chi connectivity index (χ3v) is 14.1. The summed E-state index contributed by atoms with van der Waals surface area (Å²) in [6.07, 6.45) is 96.2. The Bertz CT molecular complexity index is 1720. The fourth-order valence-electron chi connectivity index (χ4n) is 9.06. The van der Waals surface area contributed by atoms with Crippen molar-refractivity contribution in [3.05, 3.63) is 134 Å². The molecule has 0 bridgehead atoms. The van der Waals surface area contributed by atoms with E-state index in [0.717, 1.165) is 122 Å². The number of esters is 3. The second-order valence-electron chi connectivity index (χ2n) is 22.0. The molecule has 460 valence electrons. The Morgan fingerprint density at radius 1 is 0.259 bits per heavy atom. The summed E-state index contributed by atoms with van der Waals surface area (Å²) in [7, 11) is 0. The summed E-state index contributed by atoms with van der Waals surface area (Å²) >= 11 is 0. The minimum atomic E-state index is -0.805. The smallest absolute Gasteiger partial charge is 0.306 e. The van der Waals surface area contributed by atoms with Gasteiger partial charge in [0.2, 0.25) is 0 Å². The molecule has 1 atom stereocenters. The summed E-state index contributed by atoms with van der Waals surface area (Å²) in [6.45, 7) is 6.45. The molecule has 6 heteroatoms. The van der Waals surface area contributed by atoms with Crippen LogP contribution in [-0.2, 0) is 28.6 Å².